The first kappa shape index (κ1) is 18.7. The molecule has 0 amide bonds. The molecule has 1 fully saturated rings. The molecule has 0 N–H and O–H groups in total. The Morgan fingerprint density at radius 3 is 2.21 bits per heavy atom. The molecule has 142 valence electrons. The number of hydrogen-bond donors (Lipinski definition) is 0. The van der Waals surface area contributed by atoms with Crippen LogP contribution in [0.25, 0.3) is 10.8 Å². The molecule has 0 heterocycles. The maximum Gasteiger partial charge on any atom is 0.166 e. The first-order valence-electron chi connectivity index (χ1n) is 10.1. The zero-order valence-electron chi connectivity index (χ0n) is 16.1. The van der Waals surface area contributed by atoms with Gasteiger partial charge < -0.3 is 0 Å². The van der Waals surface area contributed by atoms with Gasteiger partial charge in [0.25, 0.3) is 0 Å². The molecule has 0 aromatic heterocycles. The summed E-state index contributed by atoms with van der Waals surface area (Å²) in [6.45, 7) is 2.29. The van der Waals surface area contributed by atoms with Gasteiger partial charge >= 0.3 is 0 Å². The molecule has 2 heteroatoms. The summed E-state index contributed by atoms with van der Waals surface area (Å²) in [6, 6.07) is 16.5. The molecule has 0 saturated heterocycles. The molecule has 28 heavy (non-hydrogen) atoms. The molecule has 0 bridgehead atoms. The van der Waals surface area contributed by atoms with E-state index < -0.39 is 11.6 Å². The number of fused-ring (bicyclic) bond motifs is 1. The summed E-state index contributed by atoms with van der Waals surface area (Å²) < 4.78 is 27.1. The van der Waals surface area contributed by atoms with Crippen molar-refractivity contribution >= 4 is 10.8 Å². The third-order valence-corrected chi connectivity index (χ3v) is 6.06. The van der Waals surface area contributed by atoms with Crippen molar-refractivity contribution in [2.75, 3.05) is 0 Å². The smallest absolute Gasteiger partial charge is 0.166 e. The monoisotopic (exact) mass is 374 g/mol. The second-order valence-electron chi connectivity index (χ2n) is 7.80. The fourth-order valence-corrected chi connectivity index (χ4v) is 4.23. The Bertz CT molecular complexity index is 1030. The summed E-state index contributed by atoms with van der Waals surface area (Å²) in [6.07, 6.45) is 6.57. The van der Waals surface area contributed by atoms with E-state index in [1.165, 1.54) is 37.7 Å². The van der Waals surface area contributed by atoms with Crippen LogP contribution >= 0.6 is 0 Å². The van der Waals surface area contributed by atoms with Gasteiger partial charge in [0, 0.05) is 16.5 Å². The summed E-state index contributed by atoms with van der Waals surface area (Å²) >= 11 is 0. The van der Waals surface area contributed by atoms with E-state index in [1.54, 1.807) is 24.3 Å². The van der Waals surface area contributed by atoms with Gasteiger partial charge in [-0.15, -0.1) is 0 Å². The van der Waals surface area contributed by atoms with Crippen molar-refractivity contribution in [2.24, 2.45) is 5.92 Å². The van der Waals surface area contributed by atoms with Crippen LogP contribution < -0.4 is 0 Å². The zero-order chi connectivity index (χ0) is 19.5. The Balaban J connectivity index is 1.49. The first-order valence-corrected chi connectivity index (χ1v) is 10.1. The fourth-order valence-electron chi connectivity index (χ4n) is 4.23. The van der Waals surface area contributed by atoms with E-state index in [0.29, 0.717) is 11.3 Å². The van der Waals surface area contributed by atoms with Gasteiger partial charge in [0.05, 0.1) is 0 Å². The van der Waals surface area contributed by atoms with Gasteiger partial charge in [-0.25, -0.2) is 8.78 Å². The summed E-state index contributed by atoms with van der Waals surface area (Å²) in [7, 11) is 0. The van der Waals surface area contributed by atoms with Crippen molar-refractivity contribution in [3.63, 3.8) is 0 Å². The SMILES string of the molecule is CCC1CCC(c2ccc(C#Cc3ccc4c(F)c(F)ccc4c3)cc2)CC1. The van der Waals surface area contributed by atoms with Gasteiger partial charge in [0.1, 0.15) is 0 Å². The van der Waals surface area contributed by atoms with Gasteiger partial charge in [-0.1, -0.05) is 49.5 Å². The topological polar surface area (TPSA) is 0 Å². The molecule has 0 radical (unpaired) electrons. The number of benzene rings is 3. The highest BCUT2D eigenvalue weighted by Crippen LogP contribution is 2.36. The highest BCUT2D eigenvalue weighted by Gasteiger charge is 2.20. The molecule has 0 aliphatic heterocycles. The van der Waals surface area contributed by atoms with Crippen LogP contribution in [0.3, 0.4) is 0 Å². The minimum atomic E-state index is -0.824. The van der Waals surface area contributed by atoms with Gasteiger partial charge in [-0.2, -0.15) is 0 Å². The quantitative estimate of drug-likeness (QED) is 0.416. The van der Waals surface area contributed by atoms with E-state index in [9.17, 15) is 8.78 Å². The van der Waals surface area contributed by atoms with Crippen molar-refractivity contribution in [1.29, 1.82) is 0 Å². The van der Waals surface area contributed by atoms with Crippen LogP contribution in [0, 0.1) is 29.4 Å². The van der Waals surface area contributed by atoms with Crippen molar-refractivity contribution in [3.8, 4) is 11.8 Å². The molecular formula is C26H24F2. The minimum Gasteiger partial charge on any atom is -0.204 e. The highest BCUT2D eigenvalue weighted by atomic mass is 19.2. The zero-order valence-corrected chi connectivity index (χ0v) is 16.1. The number of hydrogen-bond acceptors (Lipinski definition) is 0. The summed E-state index contributed by atoms with van der Waals surface area (Å²) in [5.41, 5.74) is 3.18. The van der Waals surface area contributed by atoms with Crippen molar-refractivity contribution in [1.82, 2.24) is 0 Å². The standard InChI is InChI=1S/C26H24F2/c1-2-18-5-10-21(11-6-18)22-12-7-19(8-13-22)3-4-20-9-15-24-23(17-20)14-16-25(27)26(24)28/h7-9,12-18,21H,2,5-6,10-11H2,1H3. The van der Waals surface area contributed by atoms with Crippen LogP contribution in [0.2, 0.25) is 0 Å². The lowest BCUT2D eigenvalue weighted by molar-refractivity contribution is 0.319. The predicted octanol–water partition coefficient (Wildman–Crippen LogP) is 7.20. The lowest BCUT2D eigenvalue weighted by Gasteiger charge is -2.28. The summed E-state index contributed by atoms with van der Waals surface area (Å²) in [5.74, 6) is 6.28. The number of rotatable bonds is 2. The van der Waals surface area contributed by atoms with Crippen LogP contribution in [-0.4, -0.2) is 0 Å². The molecule has 1 aliphatic rings. The van der Waals surface area contributed by atoms with Crippen LogP contribution in [0.4, 0.5) is 8.78 Å². The Morgan fingerprint density at radius 2 is 1.50 bits per heavy atom. The second kappa shape index (κ2) is 8.15. The van der Waals surface area contributed by atoms with E-state index in [0.717, 1.165) is 23.1 Å². The van der Waals surface area contributed by atoms with Crippen LogP contribution in [-0.2, 0) is 0 Å². The first-order chi connectivity index (χ1) is 13.6. The Kier molecular flexibility index (Phi) is 5.44. The van der Waals surface area contributed by atoms with Gasteiger partial charge in [-0.05, 0) is 78.8 Å². The van der Waals surface area contributed by atoms with Gasteiger partial charge in [0.15, 0.2) is 11.6 Å². The van der Waals surface area contributed by atoms with Gasteiger partial charge in [-0.3, -0.25) is 0 Å². The molecule has 1 saturated carbocycles. The van der Waals surface area contributed by atoms with E-state index in [1.807, 2.05) is 0 Å². The van der Waals surface area contributed by atoms with E-state index in [-0.39, 0.29) is 5.39 Å². The highest BCUT2D eigenvalue weighted by molar-refractivity contribution is 5.84. The largest absolute Gasteiger partial charge is 0.204 e. The van der Waals surface area contributed by atoms with E-state index in [4.69, 9.17) is 0 Å². The van der Waals surface area contributed by atoms with Gasteiger partial charge in [0.2, 0.25) is 0 Å². The Morgan fingerprint density at radius 1 is 0.821 bits per heavy atom. The van der Waals surface area contributed by atoms with Crippen molar-refractivity contribution < 1.29 is 8.78 Å². The lowest BCUT2D eigenvalue weighted by Crippen LogP contribution is -2.12. The molecule has 0 nitrogen and oxygen atoms in total. The molecule has 3 aromatic carbocycles. The molecular weight excluding hydrogens is 350 g/mol. The third-order valence-electron chi connectivity index (χ3n) is 6.06. The molecule has 3 aromatic rings. The fraction of sp³-hybridized carbons (Fsp3) is 0.308. The number of halogens is 2. The Labute approximate surface area is 165 Å². The Hall–Kier alpha value is -2.66. The summed E-state index contributed by atoms with van der Waals surface area (Å²) in [4.78, 5) is 0. The van der Waals surface area contributed by atoms with E-state index in [2.05, 4.69) is 43.0 Å². The molecule has 0 spiro atoms. The predicted molar refractivity (Wildman–Crippen MR) is 111 cm³/mol. The lowest BCUT2D eigenvalue weighted by atomic mass is 9.78. The summed E-state index contributed by atoms with van der Waals surface area (Å²) in [5, 5.41) is 0.941. The van der Waals surface area contributed by atoms with Crippen molar-refractivity contribution in [2.45, 2.75) is 44.9 Å². The van der Waals surface area contributed by atoms with E-state index >= 15 is 0 Å². The molecule has 0 unspecified atom stereocenters. The minimum absolute atomic E-state index is 0.285. The van der Waals surface area contributed by atoms with Crippen LogP contribution in [0.1, 0.15) is 61.6 Å². The van der Waals surface area contributed by atoms with Crippen molar-refractivity contribution in [3.05, 3.63) is 82.9 Å². The molecule has 4 rings (SSSR count). The average molecular weight is 374 g/mol. The maximum atomic E-state index is 13.8. The average Bonchev–Trinajstić information content (AvgIpc) is 2.75. The second-order valence-corrected chi connectivity index (χ2v) is 7.80. The normalized spacial score (nSPS) is 19.2. The molecule has 0 atom stereocenters. The maximum absolute atomic E-state index is 13.8. The van der Waals surface area contributed by atoms with Crippen LogP contribution in [0.15, 0.2) is 54.6 Å². The van der Waals surface area contributed by atoms with Crippen LogP contribution in [0.5, 0.6) is 0 Å². The molecule has 1 aliphatic carbocycles. The third kappa shape index (κ3) is 3.94.